The van der Waals surface area contributed by atoms with Gasteiger partial charge in [0.1, 0.15) is 11.5 Å². The summed E-state index contributed by atoms with van der Waals surface area (Å²) < 4.78 is 11.9. The lowest BCUT2D eigenvalue weighted by Gasteiger charge is -2.15. The van der Waals surface area contributed by atoms with Crippen molar-refractivity contribution in [2.45, 2.75) is 46.1 Å². The molecule has 2 N–H and O–H groups in total. The second-order valence-corrected chi connectivity index (χ2v) is 7.89. The van der Waals surface area contributed by atoms with Crippen LogP contribution in [0.3, 0.4) is 0 Å². The summed E-state index contributed by atoms with van der Waals surface area (Å²) in [7, 11) is 0. The van der Waals surface area contributed by atoms with Crippen LogP contribution in [0.1, 0.15) is 56.0 Å². The summed E-state index contributed by atoms with van der Waals surface area (Å²) in [5.41, 5.74) is 6.29. The summed E-state index contributed by atoms with van der Waals surface area (Å²) in [5.74, 6) is 0.565. The highest BCUT2D eigenvalue weighted by atomic mass is 79.9. The molecule has 6 nitrogen and oxygen atoms in total. The van der Waals surface area contributed by atoms with Crippen LogP contribution in [0.15, 0.2) is 46.9 Å². The zero-order valence-electron chi connectivity index (χ0n) is 17.1. The Labute approximate surface area is 180 Å². The summed E-state index contributed by atoms with van der Waals surface area (Å²) >= 11 is 3.34. The minimum atomic E-state index is -0.479. The number of hydrazine groups is 1. The summed E-state index contributed by atoms with van der Waals surface area (Å²) in [5, 5.41) is 0. The molecule has 2 amide bonds. The molecular weight excluding hydrogens is 436 g/mol. The predicted molar refractivity (Wildman–Crippen MR) is 116 cm³/mol. The van der Waals surface area contributed by atoms with Gasteiger partial charge in [0.2, 0.25) is 0 Å². The molecule has 0 saturated heterocycles. The molecule has 0 aliphatic heterocycles. The summed E-state index contributed by atoms with van der Waals surface area (Å²) in [6.07, 6.45) is 0.974. The average Bonchev–Trinajstić information content (AvgIpc) is 2.71. The van der Waals surface area contributed by atoms with Gasteiger partial charge in [-0.05, 0) is 62.1 Å². The van der Waals surface area contributed by atoms with Gasteiger partial charge < -0.3 is 9.47 Å². The Balaban J connectivity index is 1.87. The molecule has 0 aliphatic carbocycles. The lowest BCUT2D eigenvalue weighted by Crippen LogP contribution is -2.44. The van der Waals surface area contributed by atoms with Gasteiger partial charge in [-0.25, -0.2) is 0 Å². The molecule has 0 spiro atoms. The minimum Gasteiger partial charge on any atom is -0.490 e. The molecule has 2 aromatic rings. The van der Waals surface area contributed by atoms with Crippen LogP contribution in [0.2, 0.25) is 0 Å². The zero-order valence-corrected chi connectivity index (χ0v) is 18.7. The van der Waals surface area contributed by atoms with E-state index in [2.05, 4.69) is 40.6 Å². The number of ether oxygens (including phenoxy) is 2. The highest BCUT2D eigenvalue weighted by molar-refractivity contribution is 9.10. The second-order valence-electron chi connectivity index (χ2n) is 6.98. The molecule has 1 atom stereocenters. The fraction of sp³-hybridized carbons (Fsp3) is 0.364. The predicted octanol–water partition coefficient (Wildman–Crippen LogP) is 4.59. The largest absolute Gasteiger partial charge is 0.490 e. The van der Waals surface area contributed by atoms with E-state index in [9.17, 15) is 9.59 Å². The Morgan fingerprint density at radius 2 is 1.72 bits per heavy atom. The van der Waals surface area contributed by atoms with Crippen LogP contribution < -0.4 is 20.3 Å². The summed E-state index contributed by atoms with van der Waals surface area (Å²) in [6.45, 7) is 7.84. The third kappa shape index (κ3) is 7.09. The van der Waals surface area contributed by atoms with E-state index in [0.717, 1.165) is 10.9 Å². The molecule has 0 aliphatic rings. The van der Waals surface area contributed by atoms with Crippen LogP contribution in [-0.4, -0.2) is 24.5 Å². The van der Waals surface area contributed by atoms with Gasteiger partial charge in [-0.2, -0.15) is 0 Å². The Kier molecular flexibility index (Phi) is 8.51. The van der Waals surface area contributed by atoms with Crippen LogP contribution >= 0.6 is 15.9 Å². The topological polar surface area (TPSA) is 76.7 Å². The fourth-order valence-electron chi connectivity index (χ4n) is 2.54. The molecule has 2 aromatic carbocycles. The number of carbonyl (C=O) groups is 2. The molecule has 1 unspecified atom stereocenters. The van der Waals surface area contributed by atoms with Crippen molar-refractivity contribution in [3.05, 3.63) is 58.1 Å². The van der Waals surface area contributed by atoms with Gasteiger partial charge in [-0.3, -0.25) is 20.4 Å². The summed E-state index contributed by atoms with van der Waals surface area (Å²) in [4.78, 5) is 24.5. The van der Waals surface area contributed by atoms with Gasteiger partial charge in [0.15, 0.2) is 6.61 Å². The van der Waals surface area contributed by atoms with Gasteiger partial charge in [-0.1, -0.05) is 41.9 Å². The van der Waals surface area contributed by atoms with E-state index in [1.807, 2.05) is 38.1 Å². The highest BCUT2D eigenvalue weighted by Crippen LogP contribution is 2.24. The number of benzene rings is 2. The van der Waals surface area contributed by atoms with E-state index < -0.39 is 11.8 Å². The zero-order chi connectivity index (χ0) is 21.4. The summed E-state index contributed by atoms with van der Waals surface area (Å²) in [6, 6.07) is 12.8. The van der Waals surface area contributed by atoms with Crippen molar-refractivity contribution >= 4 is 27.7 Å². The molecule has 7 heteroatoms. The standard InChI is InChI=1S/C22H27BrN2O4/c1-5-15(4)16-6-9-18(10-7-16)28-13-21(26)24-25-22(27)19-12-17(23)8-11-20(19)29-14(2)3/h6-12,14-15H,5,13H2,1-4H3,(H,24,26)(H,25,27). The number of hydrogen-bond acceptors (Lipinski definition) is 4. The third-order valence-corrected chi connectivity index (χ3v) is 4.79. The van der Waals surface area contributed by atoms with E-state index in [4.69, 9.17) is 9.47 Å². The minimum absolute atomic E-state index is 0.0857. The molecule has 29 heavy (non-hydrogen) atoms. The van der Waals surface area contributed by atoms with Crippen molar-refractivity contribution in [3.63, 3.8) is 0 Å². The van der Waals surface area contributed by atoms with Gasteiger partial charge in [-0.15, -0.1) is 0 Å². The molecule has 156 valence electrons. The van der Waals surface area contributed by atoms with Crippen LogP contribution in [-0.2, 0) is 4.79 Å². The van der Waals surface area contributed by atoms with E-state index in [1.54, 1.807) is 18.2 Å². The Morgan fingerprint density at radius 3 is 2.34 bits per heavy atom. The van der Waals surface area contributed by atoms with Crippen LogP contribution in [0, 0.1) is 0 Å². The van der Waals surface area contributed by atoms with Crippen molar-refractivity contribution in [1.29, 1.82) is 0 Å². The van der Waals surface area contributed by atoms with E-state index in [1.165, 1.54) is 5.56 Å². The van der Waals surface area contributed by atoms with Crippen molar-refractivity contribution in [3.8, 4) is 11.5 Å². The Morgan fingerprint density at radius 1 is 1.03 bits per heavy atom. The normalized spacial score (nSPS) is 11.7. The highest BCUT2D eigenvalue weighted by Gasteiger charge is 2.15. The Bertz CT molecular complexity index is 837. The number of nitrogens with one attached hydrogen (secondary N) is 2. The van der Waals surface area contributed by atoms with Gasteiger partial charge in [0.05, 0.1) is 11.7 Å². The molecule has 0 heterocycles. The molecule has 2 rings (SSSR count). The maximum Gasteiger partial charge on any atom is 0.276 e. The van der Waals surface area contributed by atoms with Crippen molar-refractivity contribution < 1.29 is 19.1 Å². The second kappa shape index (κ2) is 10.9. The molecule has 0 radical (unpaired) electrons. The lowest BCUT2D eigenvalue weighted by molar-refractivity contribution is -0.123. The first-order valence-corrected chi connectivity index (χ1v) is 10.4. The first-order valence-electron chi connectivity index (χ1n) is 9.58. The number of hydrogen-bond donors (Lipinski definition) is 2. The van der Waals surface area contributed by atoms with Crippen LogP contribution in [0.25, 0.3) is 0 Å². The monoisotopic (exact) mass is 462 g/mol. The van der Waals surface area contributed by atoms with Gasteiger partial charge >= 0.3 is 0 Å². The molecule has 0 fully saturated rings. The van der Waals surface area contributed by atoms with Crippen LogP contribution in [0.5, 0.6) is 11.5 Å². The molecule has 0 bridgehead atoms. The van der Waals surface area contributed by atoms with Gasteiger partial charge in [0, 0.05) is 4.47 Å². The smallest absolute Gasteiger partial charge is 0.276 e. The Hall–Kier alpha value is -2.54. The number of carbonyl (C=O) groups excluding carboxylic acids is 2. The SMILES string of the molecule is CCC(C)c1ccc(OCC(=O)NNC(=O)c2cc(Br)ccc2OC(C)C)cc1. The first-order chi connectivity index (χ1) is 13.8. The number of rotatable bonds is 8. The van der Waals surface area contributed by atoms with Crippen molar-refractivity contribution in [2.75, 3.05) is 6.61 Å². The van der Waals surface area contributed by atoms with E-state index in [-0.39, 0.29) is 12.7 Å². The molecule has 0 saturated carbocycles. The number of halogens is 1. The maximum absolute atomic E-state index is 12.4. The van der Waals surface area contributed by atoms with E-state index >= 15 is 0 Å². The van der Waals surface area contributed by atoms with Crippen molar-refractivity contribution in [2.24, 2.45) is 0 Å². The lowest BCUT2D eigenvalue weighted by atomic mass is 9.99. The first kappa shape index (κ1) is 22.7. The fourth-order valence-corrected chi connectivity index (χ4v) is 2.90. The van der Waals surface area contributed by atoms with Gasteiger partial charge in [0.25, 0.3) is 11.8 Å². The van der Waals surface area contributed by atoms with E-state index in [0.29, 0.717) is 23.0 Å². The van der Waals surface area contributed by atoms with Crippen LogP contribution in [0.4, 0.5) is 0 Å². The molecular formula is C22H27BrN2O4. The van der Waals surface area contributed by atoms with Crippen molar-refractivity contribution in [1.82, 2.24) is 10.9 Å². The maximum atomic E-state index is 12.4. The third-order valence-electron chi connectivity index (χ3n) is 4.30. The quantitative estimate of drug-likeness (QED) is 0.562. The number of amides is 2. The molecule has 0 aromatic heterocycles. The average molecular weight is 463 g/mol.